The quantitative estimate of drug-likeness (QED) is 0.801. The van der Waals surface area contributed by atoms with Crippen molar-refractivity contribution in [2.45, 2.75) is 39.3 Å². The Kier molecular flexibility index (Phi) is 4.92. The van der Waals surface area contributed by atoms with Crippen molar-refractivity contribution in [3.05, 3.63) is 29.8 Å². The summed E-state index contributed by atoms with van der Waals surface area (Å²) in [6.45, 7) is 4.05. The van der Waals surface area contributed by atoms with Crippen molar-refractivity contribution >= 4 is 23.4 Å². The average molecular weight is 303 g/mol. The van der Waals surface area contributed by atoms with E-state index in [0.717, 1.165) is 5.56 Å². The minimum atomic E-state index is -0.556. The number of hydrogen-bond acceptors (Lipinski definition) is 4. The first-order valence-corrected chi connectivity index (χ1v) is 7.37. The Morgan fingerprint density at radius 2 is 1.73 bits per heavy atom. The van der Waals surface area contributed by atoms with Gasteiger partial charge in [0.15, 0.2) is 0 Å². The highest BCUT2D eigenvalue weighted by Gasteiger charge is 2.28. The highest BCUT2D eigenvalue weighted by molar-refractivity contribution is 6.01. The SMILES string of the molecule is CC(C)[C@H](N)C(=O)Nc1ccc(CN2C(=O)CCC2=O)cc1. The summed E-state index contributed by atoms with van der Waals surface area (Å²) >= 11 is 0. The van der Waals surface area contributed by atoms with Crippen LogP contribution < -0.4 is 11.1 Å². The molecule has 0 bridgehead atoms. The zero-order valence-corrected chi connectivity index (χ0v) is 12.8. The summed E-state index contributed by atoms with van der Waals surface area (Å²) in [6, 6.07) is 6.50. The van der Waals surface area contributed by atoms with E-state index in [2.05, 4.69) is 5.32 Å². The molecule has 1 heterocycles. The van der Waals surface area contributed by atoms with Crippen LogP contribution in [-0.4, -0.2) is 28.7 Å². The summed E-state index contributed by atoms with van der Waals surface area (Å²) in [4.78, 5) is 36.3. The molecule has 1 aromatic rings. The number of hydrogen-bond donors (Lipinski definition) is 2. The molecule has 0 aliphatic carbocycles. The van der Waals surface area contributed by atoms with Crippen LogP contribution in [0.1, 0.15) is 32.3 Å². The molecule has 1 atom stereocenters. The first kappa shape index (κ1) is 16.2. The molecule has 3 N–H and O–H groups in total. The Bertz CT molecular complexity index is 565. The fraction of sp³-hybridized carbons (Fsp3) is 0.438. The van der Waals surface area contributed by atoms with Crippen LogP contribution in [0, 0.1) is 5.92 Å². The number of nitrogens with one attached hydrogen (secondary N) is 1. The van der Waals surface area contributed by atoms with Crippen LogP contribution in [0.2, 0.25) is 0 Å². The number of imide groups is 1. The molecule has 0 radical (unpaired) electrons. The summed E-state index contributed by atoms with van der Waals surface area (Å²) in [5.41, 5.74) is 7.27. The predicted molar refractivity (Wildman–Crippen MR) is 82.7 cm³/mol. The third-order valence-corrected chi connectivity index (χ3v) is 3.74. The lowest BCUT2D eigenvalue weighted by atomic mass is 10.0. The van der Waals surface area contributed by atoms with Gasteiger partial charge in [0.2, 0.25) is 17.7 Å². The fourth-order valence-corrected chi connectivity index (χ4v) is 2.20. The van der Waals surface area contributed by atoms with E-state index in [1.165, 1.54) is 4.90 Å². The number of carbonyl (C=O) groups is 3. The highest BCUT2D eigenvalue weighted by Crippen LogP contribution is 2.17. The number of amides is 3. The molecular formula is C16H21N3O3. The molecule has 1 fully saturated rings. The molecule has 118 valence electrons. The third kappa shape index (κ3) is 3.71. The van der Waals surface area contributed by atoms with Crippen molar-refractivity contribution in [1.29, 1.82) is 0 Å². The number of rotatable bonds is 5. The number of benzene rings is 1. The maximum Gasteiger partial charge on any atom is 0.241 e. The molecule has 0 aromatic heterocycles. The van der Waals surface area contributed by atoms with Gasteiger partial charge in [0, 0.05) is 18.5 Å². The second kappa shape index (κ2) is 6.70. The summed E-state index contributed by atoms with van der Waals surface area (Å²) < 4.78 is 0. The molecule has 6 nitrogen and oxygen atoms in total. The lowest BCUT2D eigenvalue weighted by molar-refractivity contribution is -0.139. The van der Waals surface area contributed by atoms with E-state index in [4.69, 9.17) is 5.73 Å². The van der Waals surface area contributed by atoms with E-state index in [-0.39, 0.29) is 30.2 Å². The van der Waals surface area contributed by atoms with Gasteiger partial charge in [-0.3, -0.25) is 19.3 Å². The Morgan fingerprint density at radius 3 is 2.23 bits per heavy atom. The Morgan fingerprint density at radius 1 is 1.18 bits per heavy atom. The monoisotopic (exact) mass is 303 g/mol. The zero-order chi connectivity index (χ0) is 16.3. The van der Waals surface area contributed by atoms with E-state index in [1.54, 1.807) is 24.3 Å². The van der Waals surface area contributed by atoms with Gasteiger partial charge in [0.25, 0.3) is 0 Å². The second-order valence-electron chi connectivity index (χ2n) is 5.83. The highest BCUT2D eigenvalue weighted by atomic mass is 16.2. The molecule has 0 saturated carbocycles. The molecule has 0 spiro atoms. The second-order valence-corrected chi connectivity index (χ2v) is 5.83. The molecular weight excluding hydrogens is 282 g/mol. The van der Waals surface area contributed by atoms with Crippen LogP contribution in [0.15, 0.2) is 24.3 Å². The van der Waals surface area contributed by atoms with Gasteiger partial charge in [-0.2, -0.15) is 0 Å². The zero-order valence-electron chi connectivity index (χ0n) is 12.8. The fourth-order valence-electron chi connectivity index (χ4n) is 2.20. The van der Waals surface area contributed by atoms with E-state index in [0.29, 0.717) is 18.5 Å². The van der Waals surface area contributed by atoms with Gasteiger partial charge in [-0.15, -0.1) is 0 Å². The number of nitrogens with zero attached hydrogens (tertiary/aromatic N) is 1. The third-order valence-electron chi connectivity index (χ3n) is 3.74. The summed E-state index contributed by atoms with van der Waals surface area (Å²) in [6.07, 6.45) is 0.583. The van der Waals surface area contributed by atoms with Crippen LogP contribution in [0.5, 0.6) is 0 Å². The number of likely N-dealkylation sites (tertiary alicyclic amines) is 1. The van der Waals surface area contributed by atoms with Crippen LogP contribution in [-0.2, 0) is 20.9 Å². The van der Waals surface area contributed by atoms with Crippen LogP contribution in [0.4, 0.5) is 5.69 Å². The normalized spacial score (nSPS) is 16.3. The first-order valence-electron chi connectivity index (χ1n) is 7.37. The number of nitrogens with two attached hydrogens (primary N) is 1. The topological polar surface area (TPSA) is 92.5 Å². The van der Waals surface area contributed by atoms with Crippen molar-refractivity contribution in [3.8, 4) is 0 Å². The van der Waals surface area contributed by atoms with Crippen molar-refractivity contribution in [2.75, 3.05) is 5.32 Å². The maximum atomic E-state index is 11.9. The lowest BCUT2D eigenvalue weighted by Gasteiger charge is -2.16. The van der Waals surface area contributed by atoms with Gasteiger partial charge in [-0.05, 0) is 23.6 Å². The largest absolute Gasteiger partial charge is 0.325 e. The molecule has 3 amide bonds. The summed E-state index contributed by atoms with van der Waals surface area (Å²) in [5, 5.41) is 2.75. The standard InChI is InChI=1S/C16H21N3O3/c1-10(2)15(17)16(22)18-12-5-3-11(4-6-12)9-19-13(20)7-8-14(19)21/h3-6,10,15H,7-9,17H2,1-2H3,(H,18,22)/t15-/m0/s1. The molecule has 1 saturated heterocycles. The van der Waals surface area contributed by atoms with Crippen molar-refractivity contribution in [1.82, 2.24) is 4.90 Å². The minimum Gasteiger partial charge on any atom is -0.325 e. The maximum absolute atomic E-state index is 11.9. The first-order chi connectivity index (χ1) is 10.4. The molecule has 6 heteroatoms. The van der Waals surface area contributed by atoms with E-state index < -0.39 is 6.04 Å². The van der Waals surface area contributed by atoms with Gasteiger partial charge in [-0.25, -0.2) is 0 Å². The van der Waals surface area contributed by atoms with E-state index in [9.17, 15) is 14.4 Å². The van der Waals surface area contributed by atoms with E-state index >= 15 is 0 Å². The van der Waals surface area contributed by atoms with Gasteiger partial charge < -0.3 is 11.1 Å². The van der Waals surface area contributed by atoms with Crippen LogP contribution in [0.25, 0.3) is 0 Å². The Balaban J connectivity index is 1.97. The average Bonchev–Trinajstić information content (AvgIpc) is 2.80. The summed E-state index contributed by atoms with van der Waals surface area (Å²) in [5.74, 6) is -0.435. The number of anilines is 1. The van der Waals surface area contributed by atoms with Crippen LogP contribution >= 0.6 is 0 Å². The number of carbonyl (C=O) groups excluding carboxylic acids is 3. The molecule has 2 rings (SSSR count). The Hall–Kier alpha value is -2.21. The minimum absolute atomic E-state index is 0.0615. The summed E-state index contributed by atoms with van der Waals surface area (Å²) in [7, 11) is 0. The molecule has 22 heavy (non-hydrogen) atoms. The molecule has 0 unspecified atom stereocenters. The van der Waals surface area contributed by atoms with Gasteiger partial charge in [0.1, 0.15) is 0 Å². The van der Waals surface area contributed by atoms with Crippen molar-refractivity contribution in [3.63, 3.8) is 0 Å². The lowest BCUT2D eigenvalue weighted by Crippen LogP contribution is -2.39. The van der Waals surface area contributed by atoms with E-state index in [1.807, 2.05) is 13.8 Å². The smallest absolute Gasteiger partial charge is 0.241 e. The van der Waals surface area contributed by atoms with Crippen molar-refractivity contribution in [2.24, 2.45) is 11.7 Å². The van der Waals surface area contributed by atoms with Crippen LogP contribution in [0.3, 0.4) is 0 Å². The molecule has 1 aliphatic heterocycles. The predicted octanol–water partition coefficient (Wildman–Crippen LogP) is 1.26. The van der Waals surface area contributed by atoms with Gasteiger partial charge in [0.05, 0.1) is 12.6 Å². The van der Waals surface area contributed by atoms with Crippen molar-refractivity contribution < 1.29 is 14.4 Å². The van der Waals surface area contributed by atoms with Gasteiger partial charge in [-0.1, -0.05) is 26.0 Å². The molecule has 1 aliphatic rings. The molecule has 1 aromatic carbocycles. The van der Waals surface area contributed by atoms with Gasteiger partial charge >= 0.3 is 0 Å². The Labute approximate surface area is 129 Å².